The van der Waals surface area contributed by atoms with Gasteiger partial charge in [0.1, 0.15) is 5.54 Å². The zero-order chi connectivity index (χ0) is 14.0. The van der Waals surface area contributed by atoms with E-state index in [2.05, 4.69) is 38.3 Å². The predicted octanol–water partition coefficient (Wildman–Crippen LogP) is 1.98. The van der Waals surface area contributed by atoms with Crippen LogP contribution in [0.25, 0.3) is 0 Å². The molecule has 1 aliphatic carbocycles. The molecule has 0 aromatic heterocycles. The minimum Gasteiger partial charge on any atom is -0.480 e. The van der Waals surface area contributed by atoms with Gasteiger partial charge in [0.25, 0.3) is 0 Å². The first-order valence-corrected chi connectivity index (χ1v) is 6.47. The average Bonchev–Trinajstić information content (AvgIpc) is 2.17. The van der Waals surface area contributed by atoms with E-state index in [1.54, 1.807) is 0 Å². The summed E-state index contributed by atoms with van der Waals surface area (Å²) in [5, 5.41) is 14.4. The number of nitrogens with one attached hydrogen (secondary N) is 2. The molecule has 104 valence electrons. The highest BCUT2D eigenvalue weighted by molar-refractivity contribution is 5.87. The molecule has 0 aliphatic heterocycles. The number of carboxylic acids is 1. The molecule has 2 amide bonds. The number of hydrogen-bond donors (Lipinski definition) is 3. The Bertz CT molecular complexity index is 330. The van der Waals surface area contributed by atoms with Crippen molar-refractivity contribution >= 4 is 12.0 Å². The Hall–Kier alpha value is -1.26. The summed E-state index contributed by atoms with van der Waals surface area (Å²) in [5.74, 6) is -0.613. The van der Waals surface area contributed by atoms with Crippen molar-refractivity contribution in [2.75, 3.05) is 6.54 Å². The average molecular weight is 256 g/mol. The van der Waals surface area contributed by atoms with Crippen LogP contribution in [0.15, 0.2) is 0 Å². The second-order valence-corrected chi connectivity index (χ2v) is 6.34. The van der Waals surface area contributed by atoms with E-state index in [4.69, 9.17) is 5.11 Å². The van der Waals surface area contributed by atoms with Crippen molar-refractivity contribution < 1.29 is 14.7 Å². The topological polar surface area (TPSA) is 78.4 Å². The van der Waals surface area contributed by atoms with E-state index in [-0.39, 0.29) is 11.4 Å². The summed E-state index contributed by atoms with van der Waals surface area (Å²) >= 11 is 0. The molecule has 0 spiro atoms. The lowest BCUT2D eigenvalue weighted by Gasteiger charge is -2.38. The van der Waals surface area contributed by atoms with E-state index in [1.807, 2.05) is 0 Å². The summed E-state index contributed by atoms with van der Waals surface area (Å²) in [6, 6.07) is -0.381. The van der Waals surface area contributed by atoms with Crippen molar-refractivity contribution in [3.8, 4) is 0 Å². The standard InChI is InChI=1S/C13H24N2O3/c1-9(12(2,3)4)8-14-11(18)15-13(10(16)17)6-5-7-13/h9H,5-8H2,1-4H3,(H,16,17)(H2,14,15,18). The molecule has 0 heterocycles. The molecule has 1 fully saturated rings. The lowest BCUT2D eigenvalue weighted by molar-refractivity contribution is -0.148. The third-order valence-corrected chi connectivity index (χ3v) is 4.02. The Balaban J connectivity index is 2.41. The Morgan fingerprint density at radius 1 is 1.33 bits per heavy atom. The molecule has 1 aliphatic rings. The normalized spacial score (nSPS) is 19.6. The van der Waals surface area contributed by atoms with Gasteiger partial charge in [0.05, 0.1) is 0 Å². The van der Waals surface area contributed by atoms with Crippen LogP contribution < -0.4 is 10.6 Å². The van der Waals surface area contributed by atoms with E-state index in [1.165, 1.54) is 0 Å². The Kier molecular flexibility index (Phi) is 4.24. The third kappa shape index (κ3) is 3.37. The number of amides is 2. The zero-order valence-corrected chi connectivity index (χ0v) is 11.7. The van der Waals surface area contributed by atoms with Crippen LogP contribution in [0.4, 0.5) is 4.79 Å². The van der Waals surface area contributed by atoms with E-state index in [0.717, 1.165) is 6.42 Å². The molecule has 0 radical (unpaired) electrons. The minimum atomic E-state index is -1.03. The molecule has 0 aromatic rings. The van der Waals surface area contributed by atoms with Gasteiger partial charge in [0.2, 0.25) is 0 Å². The highest BCUT2D eigenvalue weighted by atomic mass is 16.4. The van der Waals surface area contributed by atoms with Gasteiger partial charge in [-0.25, -0.2) is 9.59 Å². The molecule has 0 saturated heterocycles. The smallest absolute Gasteiger partial charge is 0.329 e. The summed E-state index contributed by atoms with van der Waals surface area (Å²) in [6.45, 7) is 8.95. The van der Waals surface area contributed by atoms with Crippen LogP contribution in [0.5, 0.6) is 0 Å². The van der Waals surface area contributed by atoms with Gasteiger partial charge in [-0.3, -0.25) is 0 Å². The van der Waals surface area contributed by atoms with Gasteiger partial charge < -0.3 is 15.7 Å². The largest absolute Gasteiger partial charge is 0.480 e. The SMILES string of the molecule is CC(CNC(=O)NC1(C(=O)O)CCC1)C(C)(C)C. The van der Waals surface area contributed by atoms with Crippen LogP contribution in [0, 0.1) is 11.3 Å². The van der Waals surface area contributed by atoms with Gasteiger partial charge in [0, 0.05) is 6.54 Å². The molecule has 5 heteroatoms. The van der Waals surface area contributed by atoms with Crippen LogP contribution >= 0.6 is 0 Å². The molecule has 5 nitrogen and oxygen atoms in total. The highest BCUT2D eigenvalue weighted by Gasteiger charge is 2.45. The second kappa shape index (κ2) is 5.16. The van der Waals surface area contributed by atoms with E-state index >= 15 is 0 Å². The zero-order valence-electron chi connectivity index (χ0n) is 11.7. The number of urea groups is 1. The molecule has 0 bridgehead atoms. The van der Waals surface area contributed by atoms with Crippen LogP contribution in [-0.2, 0) is 4.79 Å². The van der Waals surface area contributed by atoms with Crippen LogP contribution in [0.2, 0.25) is 0 Å². The number of carbonyl (C=O) groups excluding carboxylic acids is 1. The van der Waals surface area contributed by atoms with Crippen molar-refractivity contribution in [1.82, 2.24) is 10.6 Å². The third-order valence-electron chi connectivity index (χ3n) is 4.02. The van der Waals surface area contributed by atoms with Gasteiger partial charge in [-0.1, -0.05) is 27.7 Å². The second-order valence-electron chi connectivity index (χ2n) is 6.34. The van der Waals surface area contributed by atoms with Crippen LogP contribution in [0.1, 0.15) is 47.0 Å². The maximum absolute atomic E-state index is 11.7. The van der Waals surface area contributed by atoms with Gasteiger partial charge >= 0.3 is 12.0 Å². The summed E-state index contributed by atoms with van der Waals surface area (Å²) in [7, 11) is 0. The van der Waals surface area contributed by atoms with E-state index in [9.17, 15) is 9.59 Å². The lowest BCUT2D eigenvalue weighted by Crippen LogP contribution is -2.61. The molecule has 1 rings (SSSR count). The molecular weight excluding hydrogens is 232 g/mol. The lowest BCUT2D eigenvalue weighted by atomic mass is 9.77. The first-order valence-electron chi connectivity index (χ1n) is 6.47. The van der Waals surface area contributed by atoms with Crippen molar-refractivity contribution in [2.24, 2.45) is 11.3 Å². The minimum absolute atomic E-state index is 0.119. The van der Waals surface area contributed by atoms with Crippen molar-refractivity contribution in [1.29, 1.82) is 0 Å². The molecule has 1 atom stereocenters. The summed E-state index contributed by atoms with van der Waals surface area (Å²) < 4.78 is 0. The quantitative estimate of drug-likeness (QED) is 0.719. The summed E-state index contributed by atoms with van der Waals surface area (Å²) in [6.07, 6.45) is 1.89. The van der Waals surface area contributed by atoms with Gasteiger partial charge in [-0.05, 0) is 30.6 Å². The molecule has 1 saturated carbocycles. The number of rotatable bonds is 4. The number of carboxylic acid groups (broad SMARTS) is 1. The molecule has 3 N–H and O–H groups in total. The number of aliphatic carboxylic acids is 1. The first kappa shape index (κ1) is 14.8. The molecule has 1 unspecified atom stereocenters. The first-order chi connectivity index (χ1) is 8.17. The Morgan fingerprint density at radius 2 is 1.89 bits per heavy atom. The predicted molar refractivity (Wildman–Crippen MR) is 69.4 cm³/mol. The van der Waals surface area contributed by atoms with Crippen molar-refractivity contribution in [2.45, 2.75) is 52.5 Å². The Labute approximate surface area is 108 Å². The fraction of sp³-hybridized carbons (Fsp3) is 0.846. The van der Waals surface area contributed by atoms with E-state index in [0.29, 0.717) is 25.3 Å². The van der Waals surface area contributed by atoms with Gasteiger partial charge in [-0.15, -0.1) is 0 Å². The van der Waals surface area contributed by atoms with Gasteiger partial charge in [-0.2, -0.15) is 0 Å². The van der Waals surface area contributed by atoms with E-state index < -0.39 is 11.5 Å². The fourth-order valence-electron chi connectivity index (χ4n) is 1.74. The fourth-order valence-corrected chi connectivity index (χ4v) is 1.74. The maximum atomic E-state index is 11.7. The Morgan fingerprint density at radius 3 is 2.22 bits per heavy atom. The van der Waals surface area contributed by atoms with Crippen molar-refractivity contribution in [3.05, 3.63) is 0 Å². The van der Waals surface area contributed by atoms with Crippen molar-refractivity contribution in [3.63, 3.8) is 0 Å². The summed E-state index contributed by atoms with van der Waals surface area (Å²) in [4.78, 5) is 22.8. The molecule has 18 heavy (non-hydrogen) atoms. The summed E-state index contributed by atoms with van der Waals surface area (Å²) in [5.41, 5.74) is -0.913. The van der Waals surface area contributed by atoms with Crippen LogP contribution in [0.3, 0.4) is 0 Å². The molecular formula is C13H24N2O3. The van der Waals surface area contributed by atoms with Gasteiger partial charge in [0.15, 0.2) is 0 Å². The highest BCUT2D eigenvalue weighted by Crippen LogP contribution is 2.32. The maximum Gasteiger partial charge on any atom is 0.329 e. The molecule has 0 aromatic carbocycles. The van der Waals surface area contributed by atoms with Crippen LogP contribution in [-0.4, -0.2) is 29.2 Å². The number of carbonyl (C=O) groups is 2. The monoisotopic (exact) mass is 256 g/mol. The number of hydrogen-bond acceptors (Lipinski definition) is 2.